The summed E-state index contributed by atoms with van der Waals surface area (Å²) in [6.45, 7) is 8.91. The molecule has 0 radical (unpaired) electrons. The molecule has 0 aromatic heterocycles. The lowest BCUT2D eigenvalue weighted by Gasteiger charge is -2.17. The van der Waals surface area contributed by atoms with Crippen molar-refractivity contribution in [1.29, 1.82) is 0 Å². The Morgan fingerprint density at radius 3 is 2.35 bits per heavy atom. The van der Waals surface area contributed by atoms with Gasteiger partial charge in [0.05, 0.1) is 0 Å². The van der Waals surface area contributed by atoms with E-state index in [4.69, 9.17) is 0 Å². The van der Waals surface area contributed by atoms with Crippen LogP contribution in [0.15, 0.2) is 60.7 Å². The molecule has 0 spiro atoms. The smallest absolute Gasteiger partial charge is 0.00132 e. The predicted octanol–water partition coefficient (Wildman–Crippen LogP) is 7.39. The van der Waals surface area contributed by atoms with Crippen molar-refractivity contribution in [2.45, 2.75) is 40.0 Å². The summed E-state index contributed by atoms with van der Waals surface area (Å²) in [5.74, 6) is 0.531. The maximum atomic E-state index is 2.39. The lowest BCUT2D eigenvalue weighted by atomic mass is 9.87. The topological polar surface area (TPSA) is 0 Å². The zero-order valence-electron chi connectivity index (χ0n) is 16.1. The second-order valence-corrected chi connectivity index (χ2v) is 7.60. The summed E-state index contributed by atoms with van der Waals surface area (Å²) < 4.78 is 0. The zero-order valence-corrected chi connectivity index (χ0v) is 16.1. The van der Waals surface area contributed by atoms with Crippen molar-refractivity contribution in [1.82, 2.24) is 0 Å². The summed E-state index contributed by atoms with van der Waals surface area (Å²) in [4.78, 5) is 0. The average molecular weight is 338 g/mol. The van der Waals surface area contributed by atoms with Crippen LogP contribution in [0.25, 0.3) is 28.3 Å². The molecule has 3 aromatic carbocycles. The molecule has 1 aliphatic carbocycles. The van der Waals surface area contributed by atoms with Gasteiger partial charge in [0.2, 0.25) is 0 Å². The third-order valence-electron chi connectivity index (χ3n) is 5.61. The third-order valence-corrected chi connectivity index (χ3v) is 5.61. The SMILES string of the molecule is C/C=C\c1c(C(C)C)ccc(-c2ccc3c(c2)Cc2ccccc2-3)c1C. The first-order chi connectivity index (χ1) is 12.6. The normalized spacial score (nSPS) is 12.7. The minimum atomic E-state index is 0.531. The maximum Gasteiger partial charge on any atom is -0.00132 e. The Morgan fingerprint density at radius 2 is 1.58 bits per heavy atom. The Labute approximate surface area is 157 Å². The van der Waals surface area contributed by atoms with Gasteiger partial charge in [-0.2, -0.15) is 0 Å². The molecule has 3 aromatic rings. The largest absolute Gasteiger partial charge is 0.0870 e. The molecule has 0 saturated heterocycles. The van der Waals surface area contributed by atoms with Gasteiger partial charge in [-0.1, -0.05) is 80.6 Å². The van der Waals surface area contributed by atoms with Gasteiger partial charge in [0.25, 0.3) is 0 Å². The molecular formula is C26H26. The van der Waals surface area contributed by atoms with Crippen molar-refractivity contribution in [3.05, 3.63) is 88.5 Å². The van der Waals surface area contributed by atoms with E-state index in [1.807, 2.05) is 0 Å². The molecule has 0 amide bonds. The maximum absolute atomic E-state index is 2.39. The molecule has 0 heteroatoms. The average Bonchev–Trinajstić information content (AvgIpc) is 3.01. The molecule has 4 rings (SSSR count). The van der Waals surface area contributed by atoms with E-state index in [1.165, 1.54) is 50.1 Å². The number of hydrogen-bond donors (Lipinski definition) is 0. The van der Waals surface area contributed by atoms with Crippen LogP contribution in [0, 0.1) is 6.92 Å². The van der Waals surface area contributed by atoms with Gasteiger partial charge in [-0.05, 0) is 76.3 Å². The molecule has 0 aliphatic heterocycles. The van der Waals surface area contributed by atoms with Crippen LogP contribution < -0.4 is 0 Å². The molecule has 0 nitrogen and oxygen atoms in total. The highest BCUT2D eigenvalue weighted by molar-refractivity contribution is 5.82. The van der Waals surface area contributed by atoms with Crippen molar-refractivity contribution < 1.29 is 0 Å². The molecule has 130 valence electrons. The van der Waals surface area contributed by atoms with E-state index < -0.39 is 0 Å². The van der Waals surface area contributed by atoms with E-state index in [-0.39, 0.29) is 0 Å². The molecule has 0 unspecified atom stereocenters. The number of allylic oxidation sites excluding steroid dienone is 1. The quantitative estimate of drug-likeness (QED) is 0.365. The van der Waals surface area contributed by atoms with Gasteiger partial charge in [-0.25, -0.2) is 0 Å². The molecule has 0 fully saturated rings. The van der Waals surface area contributed by atoms with E-state index in [9.17, 15) is 0 Å². The fraction of sp³-hybridized carbons (Fsp3) is 0.231. The van der Waals surface area contributed by atoms with Crippen LogP contribution in [-0.4, -0.2) is 0 Å². The Kier molecular flexibility index (Phi) is 4.28. The molecule has 0 N–H and O–H groups in total. The van der Waals surface area contributed by atoms with Gasteiger partial charge < -0.3 is 0 Å². The second kappa shape index (κ2) is 6.61. The molecule has 1 aliphatic rings. The fourth-order valence-corrected chi connectivity index (χ4v) is 4.27. The lowest BCUT2D eigenvalue weighted by molar-refractivity contribution is 0.862. The highest BCUT2D eigenvalue weighted by Crippen LogP contribution is 2.40. The van der Waals surface area contributed by atoms with Crippen LogP contribution in [0.4, 0.5) is 0 Å². The first-order valence-electron chi connectivity index (χ1n) is 9.58. The summed E-state index contributed by atoms with van der Waals surface area (Å²) in [7, 11) is 0. The monoisotopic (exact) mass is 338 g/mol. The molecule has 0 bridgehead atoms. The standard InChI is InChI=1S/C26H26/c1-5-8-24-18(4)23(14-13-22(24)17(2)3)20-11-12-26-21(16-20)15-19-9-6-7-10-25(19)26/h5-14,16-17H,15H2,1-4H3/b8-5-. The summed E-state index contributed by atoms with van der Waals surface area (Å²) in [6.07, 6.45) is 5.46. The van der Waals surface area contributed by atoms with E-state index in [0.717, 1.165) is 6.42 Å². The van der Waals surface area contributed by atoms with E-state index >= 15 is 0 Å². The van der Waals surface area contributed by atoms with E-state index in [1.54, 1.807) is 0 Å². The van der Waals surface area contributed by atoms with Crippen LogP contribution in [0.3, 0.4) is 0 Å². The minimum absolute atomic E-state index is 0.531. The van der Waals surface area contributed by atoms with Crippen molar-refractivity contribution in [2.24, 2.45) is 0 Å². The summed E-state index contributed by atoms with van der Waals surface area (Å²) in [5, 5.41) is 0. The number of rotatable bonds is 3. The van der Waals surface area contributed by atoms with Crippen molar-refractivity contribution >= 4 is 6.08 Å². The summed E-state index contributed by atoms with van der Waals surface area (Å²) in [5.41, 5.74) is 12.6. The van der Waals surface area contributed by atoms with Crippen LogP contribution in [0.1, 0.15) is 54.5 Å². The van der Waals surface area contributed by atoms with Crippen LogP contribution >= 0.6 is 0 Å². The second-order valence-electron chi connectivity index (χ2n) is 7.60. The highest BCUT2D eigenvalue weighted by atomic mass is 14.2. The molecule has 26 heavy (non-hydrogen) atoms. The van der Waals surface area contributed by atoms with E-state index in [0.29, 0.717) is 5.92 Å². The number of benzene rings is 3. The Morgan fingerprint density at radius 1 is 0.846 bits per heavy atom. The van der Waals surface area contributed by atoms with Crippen molar-refractivity contribution in [2.75, 3.05) is 0 Å². The fourth-order valence-electron chi connectivity index (χ4n) is 4.27. The minimum Gasteiger partial charge on any atom is -0.0870 e. The number of hydrogen-bond acceptors (Lipinski definition) is 0. The van der Waals surface area contributed by atoms with Crippen LogP contribution in [0.2, 0.25) is 0 Å². The van der Waals surface area contributed by atoms with Crippen molar-refractivity contribution in [3.63, 3.8) is 0 Å². The molecular weight excluding hydrogens is 312 g/mol. The van der Waals surface area contributed by atoms with Gasteiger partial charge in [-0.3, -0.25) is 0 Å². The molecule has 0 atom stereocenters. The van der Waals surface area contributed by atoms with Gasteiger partial charge in [0.15, 0.2) is 0 Å². The van der Waals surface area contributed by atoms with Gasteiger partial charge >= 0.3 is 0 Å². The third kappa shape index (κ3) is 2.70. The zero-order chi connectivity index (χ0) is 18.3. The molecule has 0 heterocycles. The first kappa shape index (κ1) is 16.8. The number of fused-ring (bicyclic) bond motifs is 3. The van der Waals surface area contributed by atoms with Gasteiger partial charge in [-0.15, -0.1) is 0 Å². The van der Waals surface area contributed by atoms with Gasteiger partial charge in [0, 0.05) is 0 Å². The highest BCUT2D eigenvalue weighted by Gasteiger charge is 2.19. The van der Waals surface area contributed by atoms with Crippen LogP contribution in [-0.2, 0) is 6.42 Å². The summed E-state index contributed by atoms with van der Waals surface area (Å²) >= 11 is 0. The Hall–Kier alpha value is -2.60. The van der Waals surface area contributed by atoms with Crippen molar-refractivity contribution in [3.8, 4) is 22.3 Å². The molecule has 0 saturated carbocycles. The predicted molar refractivity (Wildman–Crippen MR) is 114 cm³/mol. The Bertz CT molecular complexity index is 1000. The first-order valence-corrected chi connectivity index (χ1v) is 9.58. The van der Waals surface area contributed by atoms with Gasteiger partial charge in [0.1, 0.15) is 0 Å². The Balaban J connectivity index is 1.83. The van der Waals surface area contributed by atoms with E-state index in [2.05, 4.69) is 94.4 Å². The van der Waals surface area contributed by atoms with Crippen LogP contribution in [0.5, 0.6) is 0 Å². The lowest BCUT2D eigenvalue weighted by Crippen LogP contribution is -1.97. The summed E-state index contributed by atoms with van der Waals surface area (Å²) in [6, 6.07) is 20.4.